The fourth-order valence-electron chi connectivity index (χ4n) is 3.06. The van der Waals surface area contributed by atoms with Crippen LogP contribution in [-0.4, -0.2) is 0 Å². The minimum atomic E-state index is -0.798. The number of nitrogens with two attached hydrogens (primary N) is 1. The summed E-state index contributed by atoms with van der Waals surface area (Å²) in [7, 11) is 0. The molecule has 2 rings (SSSR count). The van der Waals surface area contributed by atoms with Crippen molar-refractivity contribution in [3.63, 3.8) is 0 Å². The van der Waals surface area contributed by atoms with E-state index in [0.29, 0.717) is 5.56 Å². The van der Waals surface area contributed by atoms with Crippen LogP contribution in [0.4, 0.5) is 8.78 Å². The van der Waals surface area contributed by atoms with Gasteiger partial charge in [-0.05, 0) is 24.8 Å². The summed E-state index contributed by atoms with van der Waals surface area (Å²) in [5.74, 6) is -1.32. The van der Waals surface area contributed by atoms with Gasteiger partial charge < -0.3 is 5.73 Å². The number of rotatable bonds is 2. The predicted molar refractivity (Wildman–Crippen MR) is 64.5 cm³/mol. The van der Waals surface area contributed by atoms with E-state index >= 15 is 0 Å². The van der Waals surface area contributed by atoms with Gasteiger partial charge in [0.15, 0.2) is 11.6 Å². The molecule has 1 aliphatic carbocycles. The molecule has 3 heteroatoms. The molecule has 2 atom stereocenters. The van der Waals surface area contributed by atoms with Crippen LogP contribution in [0.1, 0.15) is 44.6 Å². The second kappa shape index (κ2) is 4.73. The highest BCUT2D eigenvalue weighted by Gasteiger charge is 2.39. The van der Waals surface area contributed by atoms with Gasteiger partial charge in [-0.1, -0.05) is 38.3 Å². The third-order valence-electron chi connectivity index (χ3n) is 4.07. The predicted octanol–water partition coefficient (Wildman–Crippen LogP) is 3.72. The zero-order chi connectivity index (χ0) is 12.5. The first-order chi connectivity index (χ1) is 8.09. The summed E-state index contributed by atoms with van der Waals surface area (Å²) >= 11 is 0. The molecule has 94 valence electrons. The zero-order valence-electron chi connectivity index (χ0n) is 10.2. The molecule has 0 spiro atoms. The number of hydrogen-bond acceptors (Lipinski definition) is 1. The lowest BCUT2D eigenvalue weighted by Gasteiger charge is -2.41. The SMILES string of the molecule is CCC1CCCCC1(N)c1cccc(F)c1F. The van der Waals surface area contributed by atoms with Crippen molar-refractivity contribution in [1.82, 2.24) is 0 Å². The normalized spacial score (nSPS) is 29.3. The van der Waals surface area contributed by atoms with Gasteiger partial charge in [0.1, 0.15) is 0 Å². The molecular formula is C14H19F2N. The Morgan fingerprint density at radius 3 is 2.82 bits per heavy atom. The van der Waals surface area contributed by atoms with Crippen molar-refractivity contribution in [2.24, 2.45) is 11.7 Å². The van der Waals surface area contributed by atoms with Gasteiger partial charge >= 0.3 is 0 Å². The zero-order valence-corrected chi connectivity index (χ0v) is 10.2. The topological polar surface area (TPSA) is 26.0 Å². The molecule has 1 saturated carbocycles. The van der Waals surface area contributed by atoms with Crippen molar-refractivity contribution in [3.8, 4) is 0 Å². The van der Waals surface area contributed by atoms with Crippen molar-refractivity contribution in [2.45, 2.75) is 44.6 Å². The quantitative estimate of drug-likeness (QED) is 0.836. The van der Waals surface area contributed by atoms with Crippen molar-refractivity contribution in [1.29, 1.82) is 0 Å². The Kier molecular flexibility index (Phi) is 3.48. The Morgan fingerprint density at radius 1 is 1.35 bits per heavy atom. The molecule has 0 radical (unpaired) electrons. The molecule has 1 fully saturated rings. The van der Waals surface area contributed by atoms with E-state index in [1.807, 2.05) is 0 Å². The molecule has 0 heterocycles. The van der Waals surface area contributed by atoms with Crippen LogP contribution in [0, 0.1) is 17.6 Å². The number of benzene rings is 1. The highest BCUT2D eigenvalue weighted by molar-refractivity contribution is 5.28. The molecule has 17 heavy (non-hydrogen) atoms. The van der Waals surface area contributed by atoms with Crippen LogP contribution in [0.15, 0.2) is 18.2 Å². The first kappa shape index (κ1) is 12.5. The Labute approximate surface area is 101 Å². The van der Waals surface area contributed by atoms with Gasteiger partial charge in [0.25, 0.3) is 0 Å². The summed E-state index contributed by atoms with van der Waals surface area (Å²) in [6, 6.07) is 4.32. The molecule has 0 aliphatic heterocycles. The maximum atomic E-state index is 13.9. The van der Waals surface area contributed by atoms with E-state index in [1.54, 1.807) is 12.1 Å². The van der Waals surface area contributed by atoms with Crippen molar-refractivity contribution >= 4 is 0 Å². The lowest BCUT2D eigenvalue weighted by molar-refractivity contribution is 0.177. The highest BCUT2D eigenvalue weighted by Crippen LogP contribution is 2.42. The monoisotopic (exact) mass is 239 g/mol. The lowest BCUT2D eigenvalue weighted by Crippen LogP contribution is -2.46. The van der Waals surface area contributed by atoms with E-state index in [9.17, 15) is 8.78 Å². The van der Waals surface area contributed by atoms with E-state index in [-0.39, 0.29) is 5.92 Å². The third-order valence-corrected chi connectivity index (χ3v) is 4.07. The summed E-state index contributed by atoms with van der Waals surface area (Å²) in [4.78, 5) is 0. The average Bonchev–Trinajstić information content (AvgIpc) is 2.33. The maximum Gasteiger partial charge on any atom is 0.163 e. The Hall–Kier alpha value is -0.960. The van der Waals surface area contributed by atoms with Crippen molar-refractivity contribution < 1.29 is 8.78 Å². The van der Waals surface area contributed by atoms with E-state index < -0.39 is 17.2 Å². The molecule has 1 aromatic rings. The summed E-state index contributed by atoms with van der Waals surface area (Å²) in [5.41, 5.74) is 6.05. The largest absolute Gasteiger partial charge is 0.321 e. The molecule has 2 N–H and O–H groups in total. The van der Waals surface area contributed by atoms with Crippen LogP contribution in [-0.2, 0) is 5.54 Å². The van der Waals surface area contributed by atoms with Gasteiger partial charge in [-0.2, -0.15) is 0 Å². The van der Waals surface area contributed by atoms with Crippen LogP contribution in [0.3, 0.4) is 0 Å². The van der Waals surface area contributed by atoms with Gasteiger partial charge in [0, 0.05) is 11.1 Å². The maximum absolute atomic E-state index is 13.9. The first-order valence-corrected chi connectivity index (χ1v) is 6.33. The molecule has 1 aromatic carbocycles. The van der Waals surface area contributed by atoms with E-state index in [2.05, 4.69) is 6.92 Å². The molecule has 0 amide bonds. The second-order valence-corrected chi connectivity index (χ2v) is 4.99. The summed E-state index contributed by atoms with van der Waals surface area (Å²) in [5, 5.41) is 0. The smallest absolute Gasteiger partial charge is 0.163 e. The molecule has 0 bridgehead atoms. The van der Waals surface area contributed by atoms with Crippen molar-refractivity contribution in [3.05, 3.63) is 35.4 Å². The fraction of sp³-hybridized carbons (Fsp3) is 0.571. The summed E-state index contributed by atoms with van der Waals surface area (Å²) in [6.07, 6.45) is 4.78. The fourth-order valence-corrected chi connectivity index (χ4v) is 3.06. The second-order valence-electron chi connectivity index (χ2n) is 4.99. The molecule has 0 aromatic heterocycles. The molecule has 0 saturated heterocycles. The highest BCUT2D eigenvalue weighted by atomic mass is 19.2. The minimum absolute atomic E-state index is 0.243. The standard InChI is InChI=1S/C14H19F2N/c1-2-10-6-3-4-9-14(10,17)11-7-5-8-12(15)13(11)16/h5,7-8,10H,2-4,6,9,17H2,1H3. The van der Waals surface area contributed by atoms with Crippen LogP contribution >= 0.6 is 0 Å². The van der Waals surface area contributed by atoms with Gasteiger partial charge in [0.2, 0.25) is 0 Å². The Morgan fingerprint density at radius 2 is 2.12 bits per heavy atom. The number of halogens is 2. The van der Waals surface area contributed by atoms with Gasteiger partial charge in [-0.15, -0.1) is 0 Å². The van der Waals surface area contributed by atoms with E-state index in [1.165, 1.54) is 0 Å². The first-order valence-electron chi connectivity index (χ1n) is 6.33. The van der Waals surface area contributed by atoms with Gasteiger partial charge in [-0.25, -0.2) is 8.78 Å². The molecule has 1 aliphatic rings. The van der Waals surface area contributed by atoms with Gasteiger partial charge in [-0.3, -0.25) is 0 Å². The molecular weight excluding hydrogens is 220 g/mol. The lowest BCUT2D eigenvalue weighted by atomic mass is 9.68. The molecule has 1 nitrogen and oxygen atoms in total. The summed E-state index contributed by atoms with van der Waals surface area (Å²) < 4.78 is 27.2. The van der Waals surface area contributed by atoms with Crippen molar-refractivity contribution in [2.75, 3.05) is 0 Å². The minimum Gasteiger partial charge on any atom is -0.321 e. The molecule has 2 unspecified atom stereocenters. The average molecular weight is 239 g/mol. The Balaban J connectivity index is 2.45. The van der Waals surface area contributed by atoms with E-state index in [0.717, 1.165) is 38.2 Å². The Bertz CT molecular complexity index is 405. The third kappa shape index (κ3) is 2.08. The number of hydrogen-bond donors (Lipinski definition) is 1. The van der Waals surface area contributed by atoms with Crippen LogP contribution < -0.4 is 5.73 Å². The summed E-state index contributed by atoms with van der Waals surface area (Å²) in [6.45, 7) is 2.06. The van der Waals surface area contributed by atoms with E-state index in [4.69, 9.17) is 5.73 Å². The van der Waals surface area contributed by atoms with Crippen LogP contribution in [0.5, 0.6) is 0 Å². The van der Waals surface area contributed by atoms with Crippen LogP contribution in [0.25, 0.3) is 0 Å². The van der Waals surface area contributed by atoms with Gasteiger partial charge in [0.05, 0.1) is 0 Å². The van der Waals surface area contributed by atoms with Crippen LogP contribution in [0.2, 0.25) is 0 Å².